The molecule has 1 saturated carbocycles. The lowest BCUT2D eigenvalue weighted by atomic mass is 9.80. The quantitative estimate of drug-likeness (QED) is 0.773. The number of anilines is 1. The molecular formula is C18H31N3. The molecule has 1 fully saturated rings. The van der Waals surface area contributed by atoms with E-state index in [0.717, 1.165) is 43.4 Å². The van der Waals surface area contributed by atoms with Crippen molar-refractivity contribution in [3.05, 3.63) is 17.6 Å². The summed E-state index contributed by atoms with van der Waals surface area (Å²) in [6.07, 6.45) is 9.88. The Labute approximate surface area is 130 Å². The van der Waals surface area contributed by atoms with E-state index in [1.165, 1.54) is 37.8 Å². The summed E-state index contributed by atoms with van der Waals surface area (Å²) in [5.74, 6) is 3.63. The number of aromatic nitrogens is 2. The molecule has 3 nitrogen and oxygen atoms in total. The van der Waals surface area contributed by atoms with Gasteiger partial charge < -0.3 is 5.32 Å². The molecule has 0 unspecified atom stereocenters. The zero-order valence-electron chi connectivity index (χ0n) is 14.0. The van der Waals surface area contributed by atoms with Crippen molar-refractivity contribution >= 4 is 5.82 Å². The maximum absolute atomic E-state index is 4.85. The molecule has 0 atom stereocenters. The first-order valence-electron chi connectivity index (χ1n) is 8.88. The topological polar surface area (TPSA) is 37.8 Å². The third-order valence-corrected chi connectivity index (χ3v) is 4.65. The molecule has 0 bridgehead atoms. The van der Waals surface area contributed by atoms with Gasteiger partial charge in [-0.05, 0) is 44.4 Å². The second-order valence-electron chi connectivity index (χ2n) is 6.41. The first kappa shape index (κ1) is 16.3. The molecule has 1 heterocycles. The van der Waals surface area contributed by atoms with Crippen molar-refractivity contribution in [3.8, 4) is 0 Å². The van der Waals surface area contributed by atoms with E-state index in [4.69, 9.17) is 9.97 Å². The standard InChI is InChI=1S/C18H31N3/c1-4-7-16-13-17(19-12-5-2)21-18(20-16)15-10-8-14(6-3)9-11-15/h13-15H,4-12H2,1-3H3,(H,19,20,21). The third-order valence-electron chi connectivity index (χ3n) is 4.65. The summed E-state index contributed by atoms with van der Waals surface area (Å²) in [7, 11) is 0. The molecule has 118 valence electrons. The van der Waals surface area contributed by atoms with Crippen molar-refractivity contribution in [1.82, 2.24) is 9.97 Å². The summed E-state index contributed by atoms with van der Waals surface area (Å²) in [4.78, 5) is 9.66. The van der Waals surface area contributed by atoms with Crippen molar-refractivity contribution in [2.75, 3.05) is 11.9 Å². The van der Waals surface area contributed by atoms with E-state index in [0.29, 0.717) is 5.92 Å². The summed E-state index contributed by atoms with van der Waals surface area (Å²) >= 11 is 0. The molecule has 0 aliphatic heterocycles. The van der Waals surface area contributed by atoms with Crippen molar-refractivity contribution in [3.63, 3.8) is 0 Å². The first-order chi connectivity index (χ1) is 10.3. The predicted molar refractivity (Wildman–Crippen MR) is 89.8 cm³/mol. The van der Waals surface area contributed by atoms with E-state index in [1.54, 1.807) is 0 Å². The van der Waals surface area contributed by atoms with Gasteiger partial charge in [0.2, 0.25) is 0 Å². The minimum absolute atomic E-state index is 0.576. The van der Waals surface area contributed by atoms with Crippen LogP contribution in [0.2, 0.25) is 0 Å². The van der Waals surface area contributed by atoms with Crippen LogP contribution in [0.4, 0.5) is 5.82 Å². The van der Waals surface area contributed by atoms with Gasteiger partial charge in [0, 0.05) is 24.2 Å². The Morgan fingerprint density at radius 1 is 1.05 bits per heavy atom. The molecule has 1 N–H and O–H groups in total. The zero-order chi connectivity index (χ0) is 15.1. The number of hydrogen-bond acceptors (Lipinski definition) is 3. The maximum Gasteiger partial charge on any atom is 0.134 e. The molecule has 0 aromatic carbocycles. The van der Waals surface area contributed by atoms with E-state index in [2.05, 4.69) is 32.2 Å². The van der Waals surface area contributed by atoms with Crippen LogP contribution in [0.25, 0.3) is 0 Å². The van der Waals surface area contributed by atoms with Gasteiger partial charge in [-0.25, -0.2) is 9.97 Å². The van der Waals surface area contributed by atoms with Gasteiger partial charge in [-0.2, -0.15) is 0 Å². The molecular weight excluding hydrogens is 258 g/mol. The number of hydrogen-bond donors (Lipinski definition) is 1. The van der Waals surface area contributed by atoms with Crippen LogP contribution < -0.4 is 5.32 Å². The van der Waals surface area contributed by atoms with Crippen LogP contribution in [0, 0.1) is 5.92 Å². The molecule has 1 aliphatic carbocycles. The minimum atomic E-state index is 0.576. The smallest absolute Gasteiger partial charge is 0.134 e. The Kier molecular flexibility index (Phi) is 6.47. The summed E-state index contributed by atoms with van der Waals surface area (Å²) in [5.41, 5.74) is 1.21. The highest BCUT2D eigenvalue weighted by Gasteiger charge is 2.23. The lowest BCUT2D eigenvalue weighted by molar-refractivity contribution is 0.312. The molecule has 0 saturated heterocycles. The van der Waals surface area contributed by atoms with Crippen LogP contribution in [0.15, 0.2) is 6.07 Å². The highest BCUT2D eigenvalue weighted by atomic mass is 15.0. The van der Waals surface area contributed by atoms with Gasteiger partial charge in [0.1, 0.15) is 11.6 Å². The van der Waals surface area contributed by atoms with Crippen molar-refractivity contribution < 1.29 is 0 Å². The van der Waals surface area contributed by atoms with Crippen LogP contribution in [0.3, 0.4) is 0 Å². The summed E-state index contributed by atoms with van der Waals surface area (Å²) in [6.45, 7) is 7.71. The summed E-state index contributed by atoms with van der Waals surface area (Å²) in [6, 6.07) is 2.14. The highest BCUT2D eigenvalue weighted by molar-refractivity contribution is 5.36. The molecule has 21 heavy (non-hydrogen) atoms. The lowest BCUT2D eigenvalue weighted by Gasteiger charge is -2.27. The number of nitrogens with zero attached hydrogens (tertiary/aromatic N) is 2. The number of aryl methyl sites for hydroxylation is 1. The van der Waals surface area contributed by atoms with Crippen LogP contribution in [-0.4, -0.2) is 16.5 Å². The molecule has 1 aromatic heterocycles. The second-order valence-corrected chi connectivity index (χ2v) is 6.41. The molecule has 1 aromatic rings. The second kappa shape index (κ2) is 8.35. The van der Waals surface area contributed by atoms with Gasteiger partial charge in [-0.15, -0.1) is 0 Å². The van der Waals surface area contributed by atoms with E-state index in [-0.39, 0.29) is 0 Å². The summed E-state index contributed by atoms with van der Waals surface area (Å²) < 4.78 is 0. The Morgan fingerprint density at radius 2 is 1.81 bits per heavy atom. The molecule has 1 aliphatic rings. The number of rotatable bonds is 7. The van der Waals surface area contributed by atoms with Gasteiger partial charge in [0.05, 0.1) is 0 Å². The normalized spacial score (nSPS) is 22.2. The maximum atomic E-state index is 4.85. The average molecular weight is 289 g/mol. The Hall–Kier alpha value is -1.12. The van der Waals surface area contributed by atoms with Crippen LogP contribution in [0.5, 0.6) is 0 Å². The van der Waals surface area contributed by atoms with Crippen molar-refractivity contribution in [2.24, 2.45) is 5.92 Å². The van der Waals surface area contributed by atoms with Crippen LogP contribution in [0.1, 0.15) is 83.2 Å². The number of nitrogens with one attached hydrogen (secondary N) is 1. The van der Waals surface area contributed by atoms with Crippen molar-refractivity contribution in [2.45, 2.75) is 78.1 Å². The van der Waals surface area contributed by atoms with E-state index >= 15 is 0 Å². The van der Waals surface area contributed by atoms with Crippen molar-refractivity contribution in [1.29, 1.82) is 0 Å². The fourth-order valence-electron chi connectivity index (χ4n) is 3.26. The van der Waals surface area contributed by atoms with Gasteiger partial charge in [0.15, 0.2) is 0 Å². The van der Waals surface area contributed by atoms with Crippen LogP contribution in [-0.2, 0) is 6.42 Å². The Morgan fingerprint density at radius 3 is 2.43 bits per heavy atom. The molecule has 0 spiro atoms. The van der Waals surface area contributed by atoms with Gasteiger partial charge in [0.25, 0.3) is 0 Å². The molecule has 0 radical (unpaired) electrons. The monoisotopic (exact) mass is 289 g/mol. The van der Waals surface area contributed by atoms with E-state index < -0.39 is 0 Å². The predicted octanol–water partition coefficient (Wildman–Crippen LogP) is 4.93. The fraction of sp³-hybridized carbons (Fsp3) is 0.778. The zero-order valence-corrected chi connectivity index (χ0v) is 14.0. The first-order valence-corrected chi connectivity index (χ1v) is 8.88. The Balaban J connectivity index is 2.11. The molecule has 2 rings (SSSR count). The highest BCUT2D eigenvalue weighted by Crippen LogP contribution is 2.36. The lowest BCUT2D eigenvalue weighted by Crippen LogP contribution is -2.16. The van der Waals surface area contributed by atoms with Gasteiger partial charge in [-0.3, -0.25) is 0 Å². The Bertz CT molecular complexity index is 422. The average Bonchev–Trinajstić information content (AvgIpc) is 2.53. The largest absolute Gasteiger partial charge is 0.370 e. The minimum Gasteiger partial charge on any atom is -0.370 e. The molecule has 3 heteroatoms. The SMILES string of the molecule is CCCNc1cc(CCC)nc(C2CCC(CC)CC2)n1. The van der Waals surface area contributed by atoms with E-state index in [1.807, 2.05) is 0 Å². The van der Waals surface area contributed by atoms with Crippen LogP contribution >= 0.6 is 0 Å². The van der Waals surface area contributed by atoms with E-state index in [9.17, 15) is 0 Å². The fourth-order valence-corrected chi connectivity index (χ4v) is 3.26. The van der Waals surface area contributed by atoms with Gasteiger partial charge >= 0.3 is 0 Å². The van der Waals surface area contributed by atoms with Gasteiger partial charge in [-0.1, -0.05) is 33.6 Å². The molecule has 0 amide bonds. The summed E-state index contributed by atoms with van der Waals surface area (Å²) in [5, 5.41) is 3.44. The third kappa shape index (κ3) is 4.69.